The molecule has 1 nitrogen and oxygen atoms in total. The van der Waals surface area contributed by atoms with E-state index in [2.05, 4.69) is 41.5 Å². The Morgan fingerprint density at radius 2 is 1.75 bits per heavy atom. The van der Waals surface area contributed by atoms with Gasteiger partial charge in [0.1, 0.15) is 0 Å². The standard InChI is InChI=1S/C15H28O/c1-12(2)10-14(16)9-7-8-13(3)11-15(4,5)6/h7,9,12-13H,8,10-11H2,1-6H3/b9-7+/t13-/m1/s1. The van der Waals surface area contributed by atoms with Crippen molar-refractivity contribution in [3.8, 4) is 0 Å². The van der Waals surface area contributed by atoms with Gasteiger partial charge in [-0.05, 0) is 36.2 Å². The quantitative estimate of drug-likeness (QED) is 0.602. The van der Waals surface area contributed by atoms with Crippen LogP contribution in [0.3, 0.4) is 0 Å². The molecule has 0 aliphatic rings. The van der Waals surface area contributed by atoms with Gasteiger partial charge in [0.25, 0.3) is 0 Å². The van der Waals surface area contributed by atoms with E-state index in [0.29, 0.717) is 23.7 Å². The van der Waals surface area contributed by atoms with Crippen molar-refractivity contribution >= 4 is 5.78 Å². The zero-order valence-electron chi connectivity index (χ0n) is 11.8. The third kappa shape index (κ3) is 9.95. The van der Waals surface area contributed by atoms with Crippen LogP contribution in [0.25, 0.3) is 0 Å². The van der Waals surface area contributed by atoms with E-state index >= 15 is 0 Å². The van der Waals surface area contributed by atoms with Crippen LogP contribution in [0.5, 0.6) is 0 Å². The van der Waals surface area contributed by atoms with E-state index in [4.69, 9.17) is 0 Å². The number of hydrogen-bond donors (Lipinski definition) is 0. The summed E-state index contributed by atoms with van der Waals surface area (Å²) in [5, 5.41) is 0. The molecule has 0 aromatic heterocycles. The normalized spacial score (nSPS) is 14.7. The van der Waals surface area contributed by atoms with Crippen LogP contribution in [-0.4, -0.2) is 5.78 Å². The molecule has 1 atom stereocenters. The molecule has 16 heavy (non-hydrogen) atoms. The third-order valence-electron chi connectivity index (χ3n) is 2.41. The Morgan fingerprint density at radius 1 is 1.19 bits per heavy atom. The Bertz CT molecular complexity index is 230. The van der Waals surface area contributed by atoms with Crippen molar-refractivity contribution in [1.29, 1.82) is 0 Å². The van der Waals surface area contributed by atoms with Crippen LogP contribution < -0.4 is 0 Å². The van der Waals surface area contributed by atoms with Crippen molar-refractivity contribution in [3.05, 3.63) is 12.2 Å². The third-order valence-corrected chi connectivity index (χ3v) is 2.41. The monoisotopic (exact) mass is 224 g/mol. The van der Waals surface area contributed by atoms with E-state index in [9.17, 15) is 4.79 Å². The van der Waals surface area contributed by atoms with Crippen LogP contribution in [0.2, 0.25) is 0 Å². The lowest BCUT2D eigenvalue weighted by atomic mass is 9.84. The number of carbonyl (C=O) groups excluding carboxylic acids is 1. The summed E-state index contributed by atoms with van der Waals surface area (Å²) in [5.41, 5.74) is 0.384. The number of carbonyl (C=O) groups is 1. The van der Waals surface area contributed by atoms with Gasteiger partial charge in [-0.15, -0.1) is 0 Å². The predicted octanol–water partition coefficient (Wildman–Crippen LogP) is 4.62. The summed E-state index contributed by atoms with van der Waals surface area (Å²) in [6, 6.07) is 0. The first-order chi connectivity index (χ1) is 7.20. The second-order valence-electron chi connectivity index (χ2n) is 6.57. The van der Waals surface area contributed by atoms with Gasteiger partial charge in [0.2, 0.25) is 0 Å². The molecule has 0 rings (SSSR count). The van der Waals surface area contributed by atoms with Gasteiger partial charge in [-0.3, -0.25) is 4.79 Å². The molecular formula is C15H28O. The fourth-order valence-electron chi connectivity index (χ4n) is 2.03. The predicted molar refractivity (Wildman–Crippen MR) is 71.5 cm³/mol. The van der Waals surface area contributed by atoms with Crippen molar-refractivity contribution in [3.63, 3.8) is 0 Å². The van der Waals surface area contributed by atoms with E-state index in [1.165, 1.54) is 6.42 Å². The first kappa shape index (κ1) is 15.4. The second-order valence-corrected chi connectivity index (χ2v) is 6.57. The number of ketones is 1. The minimum absolute atomic E-state index is 0.262. The largest absolute Gasteiger partial charge is 0.295 e. The smallest absolute Gasteiger partial charge is 0.155 e. The van der Waals surface area contributed by atoms with Crippen molar-refractivity contribution in [1.82, 2.24) is 0 Å². The molecule has 1 heteroatoms. The minimum Gasteiger partial charge on any atom is -0.295 e. The summed E-state index contributed by atoms with van der Waals surface area (Å²) < 4.78 is 0. The van der Waals surface area contributed by atoms with E-state index < -0.39 is 0 Å². The lowest BCUT2D eigenvalue weighted by Crippen LogP contribution is -2.10. The van der Waals surface area contributed by atoms with Gasteiger partial charge in [0, 0.05) is 6.42 Å². The van der Waals surface area contributed by atoms with Gasteiger partial charge >= 0.3 is 0 Å². The average Bonchev–Trinajstić information content (AvgIpc) is 1.98. The fraction of sp³-hybridized carbons (Fsp3) is 0.800. The number of rotatable bonds is 6. The van der Waals surface area contributed by atoms with Crippen LogP contribution in [-0.2, 0) is 4.79 Å². The van der Waals surface area contributed by atoms with Gasteiger partial charge in [0.15, 0.2) is 5.78 Å². The molecule has 0 spiro atoms. The van der Waals surface area contributed by atoms with E-state index in [1.54, 1.807) is 6.08 Å². The van der Waals surface area contributed by atoms with Crippen LogP contribution in [0.15, 0.2) is 12.2 Å². The Balaban J connectivity index is 3.87. The zero-order chi connectivity index (χ0) is 12.8. The van der Waals surface area contributed by atoms with Crippen LogP contribution in [0.4, 0.5) is 0 Å². The zero-order valence-corrected chi connectivity index (χ0v) is 11.8. The molecule has 0 N–H and O–H groups in total. The SMILES string of the molecule is CC(C)CC(=O)/C=C/C[C@@H](C)CC(C)(C)C. The lowest BCUT2D eigenvalue weighted by molar-refractivity contribution is -0.115. The van der Waals surface area contributed by atoms with Gasteiger partial charge in [-0.1, -0.05) is 47.6 Å². The van der Waals surface area contributed by atoms with Crippen molar-refractivity contribution < 1.29 is 4.79 Å². The van der Waals surface area contributed by atoms with E-state index in [1.807, 2.05) is 6.08 Å². The molecule has 0 radical (unpaired) electrons. The molecule has 0 aromatic carbocycles. The summed E-state index contributed by atoms with van der Waals surface area (Å²) in [6.45, 7) is 13.2. The Hall–Kier alpha value is -0.590. The number of hydrogen-bond acceptors (Lipinski definition) is 1. The van der Waals surface area contributed by atoms with E-state index in [0.717, 1.165) is 6.42 Å². The summed E-state index contributed by atoms with van der Waals surface area (Å²) >= 11 is 0. The molecule has 0 aromatic rings. The molecule has 0 saturated heterocycles. The molecule has 0 heterocycles. The highest BCUT2D eigenvalue weighted by Crippen LogP contribution is 2.26. The maximum Gasteiger partial charge on any atom is 0.155 e. The number of allylic oxidation sites excluding steroid dienone is 2. The summed E-state index contributed by atoms with van der Waals surface area (Å²) in [5.74, 6) is 1.38. The van der Waals surface area contributed by atoms with Crippen LogP contribution in [0, 0.1) is 17.3 Å². The Labute approximate surface area is 101 Å². The topological polar surface area (TPSA) is 17.1 Å². The van der Waals surface area contributed by atoms with Gasteiger partial charge in [0.05, 0.1) is 0 Å². The van der Waals surface area contributed by atoms with Crippen LogP contribution >= 0.6 is 0 Å². The van der Waals surface area contributed by atoms with Crippen molar-refractivity contribution in [2.24, 2.45) is 17.3 Å². The van der Waals surface area contributed by atoms with Crippen molar-refractivity contribution in [2.75, 3.05) is 0 Å². The molecule has 0 bridgehead atoms. The molecule has 94 valence electrons. The minimum atomic E-state index is 0.262. The van der Waals surface area contributed by atoms with E-state index in [-0.39, 0.29) is 5.78 Å². The summed E-state index contributed by atoms with van der Waals surface area (Å²) in [4.78, 5) is 11.4. The maximum absolute atomic E-state index is 11.4. The molecule has 0 amide bonds. The summed E-state index contributed by atoms with van der Waals surface area (Å²) in [6.07, 6.45) is 6.70. The average molecular weight is 224 g/mol. The molecule has 0 saturated carbocycles. The highest BCUT2D eigenvalue weighted by atomic mass is 16.1. The Kier molecular flexibility index (Phi) is 6.62. The summed E-state index contributed by atoms with van der Waals surface area (Å²) in [7, 11) is 0. The highest BCUT2D eigenvalue weighted by molar-refractivity contribution is 5.89. The first-order valence-electron chi connectivity index (χ1n) is 6.40. The van der Waals surface area contributed by atoms with Gasteiger partial charge < -0.3 is 0 Å². The molecule has 0 aliphatic carbocycles. The van der Waals surface area contributed by atoms with Gasteiger partial charge in [-0.25, -0.2) is 0 Å². The first-order valence-corrected chi connectivity index (χ1v) is 6.40. The molecule has 0 fully saturated rings. The molecular weight excluding hydrogens is 196 g/mol. The van der Waals surface area contributed by atoms with Crippen LogP contribution in [0.1, 0.15) is 60.8 Å². The highest BCUT2D eigenvalue weighted by Gasteiger charge is 2.14. The molecule has 0 aliphatic heterocycles. The molecule has 0 unspecified atom stereocenters. The second kappa shape index (κ2) is 6.88. The Morgan fingerprint density at radius 3 is 2.19 bits per heavy atom. The maximum atomic E-state index is 11.4. The fourth-order valence-corrected chi connectivity index (χ4v) is 2.03. The van der Waals surface area contributed by atoms with Crippen molar-refractivity contribution in [2.45, 2.75) is 60.8 Å². The van der Waals surface area contributed by atoms with Gasteiger partial charge in [-0.2, -0.15) is 0 Å². The lowest BCUT2D eigenvalue weighted by Gasteiger charge is -2.22.